The molecule has 2 rings (SSSR count). The molecule has 0 unspecified atom stereocenters. The van der Waals surface area contributed by atoms with E-state index in [0.717, 1.165) is 13.1 Å². The Hall–Kier alpha value is -1.39. The first-order valence-electron chi connectivity index (χ1n) is 5.79. The Balaban J connectivity index is 1.99. The summed E-state index contributed by atoms with van der Waals surface area (Å²) in [5.74, 6) is -0.880. The quantitative estimate of drug-likeness (QED) is 0.859. The smallest absolute Gasteiger partial charge is 0.334 e. The third-order valence-electron chi connectivity index (χ3n) is 2.86. The second-order valence-corrected chi connectivity index (χ2v) is 4.45. The monoisotopic (exact) mass is 235 g/mol. The zero-order valence-corrected chi connectivity index (χ0v) is 9.87. The van der Waals surface area contributed by atoms with Crippen molar-refractivity contribution < 1.29 is 14.6 Å². The van der Waals surface area contributed by atoms with Crippen molar-refractivity contribution in [2.24, 2.45) is 0 Å². The number of morpholine rings is 1. The molecule has 1 aromatic carbocycles. The van der Waals surface area contributed by atoms with Crippen molar-refractivity contribution in [1.82, 2.24) is 4.90 Å². The number of benzene rings is 1. The highest BCUT2D eigenvalue weighted by Crippen LogP contribution is 2.14. The molecule has 1 N–H and O–H groups in total. The topological polar surface area (TPSA) is 49.8 Å². The highest BCUT2D eigenvalue weighted by molar-refractivity contribution is 5.72. The summed E-state index contributed by atoms with van der Waals surface area (Å²) in [7, 11) is 0. The van der Waals surface area contributed by atoms with Gasteiger partial charge < -0.3 is 9.84 Å². The van der Waals surface area contributed by atoms with Crippen LogP contribution in [0.15, 0.2) is 30.3 Å². The molecule has 1 fully saturated rings. The van der Waals surface area contributed by atoms with Crippen molar-refractivity contribution in [3.63, 3.8) is 0 Å². The van der Waals surface area contributed by atoms with E-state index in [1.165, 1.54) is 5.56 Å². The molecule has 1 aromatic rings. The lowest BCUT2D eigenvalue weighted by atomic mass is 10.1. The maximum Gasteiger partial charge on any atom is 0.334 e. The molecule has 2 atom stereocenters. The van der Waals surface area contributed by atoms with Gasteiger partial charge in [0.05, 0.1) is 6.10 Å². The predicted molar refractivity (Wildman–Crippen MR) is 63.7 cm³/mol. The lowest BCUT2D eigenvalue weighted by Crippen LogP contribution is -2.49. The number of nitrogens with zero attached hydrogens (tertiary/aromatic N) is 1. The van der Waals surface area contributed by atoms with Crippen LogP contribution in [-0.2, 0) is 16.1 Å². The Kier molecular flexibility index (Phi) is 3.76. The summed E-state index contributed by atoms with van der Waals surface area (Å²) in [6.45, 7) is 3.92. The average Bonchev–Trinajstić information content (AvgIpc) is 2.29. The molecule has 1 aliphatic rings. The minimum absolute atomic E-state index is 0.0337. The van der Waals surface area contributed by atoms with Gasteiger partial charge in [-0.1, -0.05) is 30.3 Å². The van der Waals surface area contributed by atoms with Crippen LogP contribution in [0.2, 0.25) is 0 Å². The van der Waals surface area contributed by atoms with Crippen LogP contribution < -0.4 is 0 Å². The third-order valence-corrected chi connectivity index (χ3v) is 2.86. The number of rotatable bonds is 3. The molecule has 17 heavy (non-hydrogen) atoms. The van der Waals surface area contributed by atoms with E-state index in [0.29, 0.717) is 6.54 Å². The van der Waals surface area contributed by atoms with Crippen molar-refractivity contribution in [2.75, 3.05) is 13.1 Å². The molecule has 92 valence electrons. The fraction of sp³-hybridized carbons (Fsp3) is 0.462. The van der Waals surface area contributed by atoms with Gasteiger partial charge in [-0.2, -0.15) is 0 Å². The number of hydrogen-bond acceptors (Lipinski definition) is 3. The SMILES string of the molecule is C[C@@H]1CN(Cc2ccccc2)C[C@H](C(=O)O)O1. The van der Waals surface area contributed by atoms with Gasteiger partial charge in [0.1, 0.15) is 0 Å². The summed E-state index contributed by atoms with van der Waals surface area (Å²) in [4.78, 5) is 13.1. The first kappa shape index (κ1) is 12.1. The predicted octanol–water partition coefficient (Wildman–Crippen LogP) is 1.36. The zero-order valence-electron chi connectivity index (χ0n) is 9.87. The van der Waals surface area contributed by atoms with Crippen LogP contribution in [0.5, 0.6) is 0 Å². The number of carboxylic acid groups (broad SMARTS) is 1. The molecule has 0 spiro atoms. The van der Waals surface area contributed by atoms with Crippen LogP contribution >= 0.6 is 0 Å². The number of carboxylic acids is 1. The van der Waals surface area contributed by atoms with Gasteiger partial charge in [-0.15, -0.1) is 0 Å². The molecular weight excluding hydrogens is 218 g/mol. The van der Waals surface area contributed by atoms with Gasteiger partial charge in [-0.25, -0.2) is 4.79 Å². The molecule has 1 heterocycles. The summed E-state index contributed by atoms with van der Waals surface area (Å²) < 4.78 is 5.37. The van der Waals surface area contributed by atoms with Crippen molar-refractivity contribution in [3.8, 4) is 0 Å². The minimum atomic E-state index is -0.880. The first-order valence-corrected chi connectivity index (χ1v) is 5.79. The number of hydrogen-bond donors (Lipinski definition) is 1. The van der Waals surface area contributed by atoms with Gasteiger partial charge in [-0.3, -0.25) is 4.90 Å². The fourth-order valence-corrected chi connectivity index (χ4v) is 2.15. The van der Waals surface area contributed by atoms with Gasteiger partial charge in [-0.05, 0) is 12.5 Å². The molecule has 0 aliphatic carbocycles. The molecule has 0 saturated carbocycles. The van der Waals surface area contributed by atoms with Crippen LogP contribution in [-0.4, -0.2) is 41.3 Å². The van der Waals surface area contributed by atoms with E-state index in [-0.39, 0.29) is 6.10 Å². The molecule has 0 bridgehead atoms. The Morgan fingerprint density at radius 3 is 2.76 bits per heavy atom. The standard InChI is InChI=1S/C13H17NO3/c1-10-7-14(9-12(17-10)13(15)16)8-11-5-3-2-4-6-11/h2-6,10,12H,7-9H2,1H3,(H,15,16)/t10-,12-/m1/s1. The Morgan fingerprint density at radius 1 is 1.41 bits per heavy atom. The molecule has 4 heteroatoms. The van der Waals surface area contributed by atoms with Gasteiger partial charge in [0, 0.05) is 19.6 Å². The van der Waals surface area contributed by atoms with Gasteiger partial charge >= 0.3 is 5.97 Å². The summed E-state index contributed by atoms with van der Waals surface area (Å²) in [5.41, 5.74) is 1.20. The minimum Gasteiger partial charge on any atom is -0.479 e. The third kappa shape index (κ3) is 3.28. The molecule has 0 amide bonds. The van der Waals surface area contributed by atoms with Crippen LogP contribution in [0.1, 0.15) is 12.5 Å². The number of ether oxygens (including phenoxy) is 1. The molecule has 0 aromatic heterocycles. The summed E-state index contributed by atoms with van der Waals surface area (Å²) in [6.07, 6.45) is -0.740. The van der Waals surface area contributed by atoms with Crippen molar-refractivity contribution in [3.05, 3.63) is 35.9 Å². The molecule has 0 radical (unpaired) electrons. The van der Waals surface area contributed by atoms with Crippen molar-refractivity contribution in [2.45, 2.75) is 25.7 Å². The van der Waals surface area contributed by atoms with Crippen LogP contribution in [0.3, 0.4) is 0 Å². The van der Waals surface area contributed by atoms with Crippen LogP contribution in [0.25, 0.3) is 0 Å². The summed E-state index contributed by atoms with van der Waals surface area (Å²) in [6, 6.07) is 10.1. The first-order chi connectivity index (χ1) is 8.15. The maximum atomic E-state index is 10.9. The second-order valence-electron chi connectivity index (χ2n) is 4.45. The van der Waals surface area contributed by atoms with Gasteiger partial charge in [0.25, 0.3) is 0 Å². The van der Waals surface area contributed by atoms with E-state index in [4.69, 9.17) is 9.84 Å². The lowest BCUT2D eigenvalue weighted by Gasteiger charge is -2.34. The largest absolute Gasteiger partial charge is 0.479 e. The van der Waals surface area contributed by atoms with E-state index in [1.54, 1.807) is 0 Å². The van der Waals surface area contributed by atoms with E-state index in [2.05, 4.69) is 17.0 Å². The Bertz CT molecular complexity index is 380. The molecule has 1 aliphatic heterocycles. The molecule has 4 nitrogen and oxygen atoms in total. The normalized spacial score (nSPS) is 25.7. The highest BCUT2D eigenvalue weighted by Gasteiger charge is 2.29. The van der Waals surface area contributed by atoms with E-state index >= 15 is 0 Å². The number of aliphatic carboxylic acids is 1. The average molecular weight is 235 g/mol. The van der Waals surface area contributed by atoms with Crippen molar-refractivity contribution >= 4 is 5.97 Å². The molecule has 1 saturated heterocycles. The van der Waals surface area contributed by atoms with E-state index < -0.39 is 12.1 Å². The van der Waals surface area contributed by atoms with E-state index in [9.17, 15) is 4.79 Å². The van der Waals surface area contributed by atoms with Crippen LogP contribution in [0.4, 0.5) is 0 Å². The fourth-order valence-electron chi connectivity index (χ4n) is 2.15. The zero-order chi connectivity index (χ0) is 12.3. The van der Waals surface area contributed by atoms with Crippen molar-refractivity contribution in [1.29, 1.82) is 0 Å². The summed E-state index contributed by atoms with van der Waals surface area (Å²) in [5, 5.41) is 8.99. The number of carbonyl (C=O) groups is 1. The second kappa shape index (κ2) is 5.29. The van der Waals surface area contributed by atoms with E-state index in [1.807, 2.05) is 25.1 Å². The highest BCUT2D eigenvalue weighted by atomic mass is 16.5. The molecular formula is C13H17NO3. The van der Waals surface area contributed by atoms with Gasteiger partial charge in [0.2, 0.25) is 0 Å². The Labute approximate surface area is 101 Å². The summed E-state index contributed by atoms with van der Waals surface area (Å²) >= 11 is 0. The Morgan fingerprint density at radius 2 is 2.12 bits per heavy atom. The van der Waals surface area contributed by atoms with Gasteiger partial charge in [0.15, 0.2) is 6.10 Å². The van der Waals surface area contributed by atoms with Crippen LogP contribution in [0, 0.1) is 0 Å². The lowest BCUT2D eigenvalue weighted by molar-refractivity contribution is -0.163. The maximum absolute atomic E-state index is 10.9.